The number of rotatable bonds is 4. The summed E-state index contributed by atoms with van der Waals surface area (Å²) >= 11 is 3.66. The molecule has 2 aliphatic rings. The van der Waals surface area contributed by atoms with E-state index in [1.165, 1.54) is 10.4 Å². The molecule has 0 radical (unpaired) electrons. The van der Waals surface area contributed by atoms with Crippen molar-refractivity contribution < 1.29 is 14.3 Å². The summed E-state index contributed by atoms with van der Waals surface area (Å²) in [5, 5.41) is 4.11. The van der Waals surface area contributed by atoms with Crippen LogP contribution < -0.4 is 14.8 Å². The number of carbonyl (C=O) groups excluding carboxylic acids is 1. The minimum atomic E-state index is -0.0132. The molecule has 1 N–H and O–H groups in total. The summed E-state index contributed by atoms with van der Waals surface area (Å²) in [5.74, 6) is 3.53. The maximum Gasteiger partial charge on any atom is 0.254 e. The van der Waals surface area contributed by atoms with Crippen LogP contribution in [-0.2, 0) is 18.7 Å². The topological polar surface area (TPSA) is 52.5 Å². The minimum absolute atomic E-state index is 0.0132. The molecular formula is C20H18N2O3S2. The number of thioether (sulfide) groups is 1. The fourth-order valence-electron chi connectivity index (χ4n) is 3.43. The first kappa shape index (κ1) is 16.8. The van der Waals surface area contributed by atoms with Gasteiger partial charge in [-0.3, -0.25) is 4.79 Å². The average molecular weight is 399 g/mol. The molecule has 1 amide bonds. The number of amides is 1. The molecule has 2 aromatic heterocycles. The van der Waals surface area contributed by atoms with E-state index in [0.717, 1.165) is 45.6 Å². The molecule has 27 heavy (non-hydrogen) atoms. The van der Waals surface area contributed by atoms with E-state index in [4.69, 9.17) is 9.47 Å². The first-order valence-electron chi connectivity index (χ1n) is 8.82. The van der Waals surface area contributed by atoms with Gasteiger partial charge in [0.25, 0.3) is 5.91 Å². The van der Waals surface area contributed by atoms with Crippen molar-refractivity contribution in [3.63, 3.8) is 0 Å². The number of hydrogen-bond acceptors (Lipinski definition) is 5. The molecule has 2 aliphatic heterocycles. The van der Waals surface area contributed by atoms with Crippen molar-refractivity contribution in [3.8, 4) is 16.5 Å². The Labute approximate surface area is 165 Å². The van der Waals surface area contributed by atoms with Crippen molar-refractivity contribution in [2.24, 2.45) is 0 Å². The Balaban J connectivity index is 1.42. The van der Waals surface area contributed by atoms with Gasteiger partial charge < -0.3 is 19.4 Å². The summed E-state index contributed by atoms with van der Waals surface area (Å²) in [6, 6.07) is 9.75. The quantitative estimate of drug-likeness (QED) is 0.722. The number of nitrogens with one attached hydrogen (secondary N) is 1. The van der Waals surface area contributed by atoms with Crippen molar-refractivity contribution >= 4 is 29.0 Å². The number of aromatic nitrogens is 1. The van der Waals surface area contributed by atoms with Crippen molar-refractivity contribution in [2.75, 3.05) is 12.5 Å². The van der Waals surface area contributed by atoms with Crippen LogP contribution >= 0.6 is 23.1 Å². The van der Waals surface area contributed by atoms with Crippen LogP contribution in [0.4, 0.5) is 0 Å². The third-order valence-electron chi connectivity index (χ3n) is 4.76. The zero-order chi connectivity index (χ0) is 18.2. The molecule has 4 heterocycles. The lowest BCUT2D eigenvalue weighted by Gasteiger charge is -2.13. The van der Waals surface area contributed by atoms with Gasteiger partial charge in [0.2, 0.25) is 6.79 Å². The predicted octanol–water partition coefficient (Wildman–Crippen LogP) is 3.99. The molecule has 3 aromatic rings. The van der Waals surface area contributed by atoms with Gasteiger partial charge in [-0.1, -0.05) is 6.07 Å². The van der Waals surface area contributed by atoms with Crippen molar-refractivity contribution in [1.29, 1.82) is 0 Å². The molecule has 1 aromatic carbocycles. The molecule has 0 spiro atoms. The van der Waals surface area contributed by atoms with Crippen molar-refractivity contribution in [1.82, 2.24) is 9.88 Å². The number of fused-ring (bicyclic) bond motifs is 2. The monoisotopic (exact) mass is 398 g/mol. The normalized spacial score (nSPS) is 14.8. The van der Waals surface area contributed by atoms with Gasteiger partial charge in [-0.25, -0.2) is 0 Å². The van der Waals surface area contributed by atoms with E-state index in [9.17, 15) is 4.79 Å². The van der Waals surface area contributed by atoms with Gasteiger partial charge in [0.15, 0.2) is 11.5 Å². The van der Waals surface area contributed by atoms with E-state index in [1.807, 2.05) is 59.1 Å². The number of thiophene rings is 1. The highest BCUT2D eigenvalue weighted by Gasteiger charge is 2.26. The van der Waals surface area contributed by atoms with Crippen LogP contribution in [0, 0.1) is 0 Å². The largest absolute Gasteiger partial charge is 0.454 e. The van der Waals surface area contributed by atoms with Crippen LogP contribution in [0.3, 0.4) is 0 Å². The van der Waals surface area contributed by atoms with Gasteiger partial charge in [0.05, 0.1) is 5.56 Å². The summed E-state index contributed by atoms with van der Waals surface area (Å²) in [6.45, 7) is 0.713. The molecule has 0 bridgehead atoms. The molecule has 0 fully saturated rings. The van der Waals surface area contributed by atoms with Gasteiger partial charge in [0, 0.05) is 29.6 Å². The molecule has 0 atom stereocenters. The number of benzene rings is 1. The van der Waals surface area contributed by atoms with E-state index >= 15 is 0 Å². The highest BCUT2D eigenvalue weighted by atomic mass is 32.2. The molecular weight excluding hydrogens is 380 g/mol. The molecule has 0 saturated heterocycles. The summed E-state index contributed by atoms with van der Waals surface area (Å²) in [7, 11) is 0. The number of ether oxygens (including phenoxy) is 2. The highest BCUT2D eigenvalue weighted by molar-refractivity contribution is 7.98. The minimum Gasteiger partial charge on any atom is -0.454 e. The second-order valence-electron chi connectivity index (χ2n) is 6.45. The lowest BCUT2D eigenvalue weighted by atomic mass is 10.1. The van der Waals surface area contributed by atoms with Crippen LogP contribution in [0.15, 0.2) is 42.7 Å². The maximum atomic E-state index is 13.1. The Morgan fingerprint density at radius 3 is 2.93 bits per heavy atom. The number of nitrogens with zero attached hydrogens (tertiary/aromatic N) is 1. The van der Waals surface area contributed by atoms with E-state index in [1.54, 1.807) is 11.3 Å². The second-order valence-corrected chi connectivity index (χ2v) is 8.64. The first-order valence-corrected chi connectivity index (χ1v) is 10.8. The standard InChI is InChI=1S/C20H18N2O3S2/c23-19(21-10-13-3-4-15-16(9-13)25-12-24-15)18-14-5-8-26-11-17(14)27-20(18)22-6-1-2-7-22/h1-4,6-7,9H,5,8,10-12H2,(H,21,23). The lowest BCUT2D eigenvalue weighted by molar-refractivity contribution is 0.0950. The third kappa shape index (κ3) is 3.11. The zero-order valence-corrected chi connectivity index (χ0v) is 16.2. The Morgan fingerprint density at radius 2 is 2.04 bits per heavy atom. The highest BCUT2D eigenvalue weighted by Crippen LogP contribution is 2.38. The summed E-state index contributed by atoms with van der Waals surface area (Å²) in [5.41, 5.74) is 3.03. The van der Waals surface area contributed by atoms with Gasteiger partial charge in [-0.05, 0) is 47.6 Å². The first-order chi connectivity index (χ1) is 13.3. The predicted molar refractivity (Wildman–Crippen MR) is 107 cm³/mol. The van der Waals surface area contributed by atoms with Crippen LogP contribution in [0.25, 0.3) is 5.00 Å². The van der Waals surface area contributed by atoms with Gasteiger partial charge in [0.1, 0.15) is 5.00 Å². The molecule has 5 nitrogen and oxygen atoms in total. The van der Waals surface area contributed by atoms with E-state index in [2.05, 4.69) is 5.32 Å². The molecule has 0 unspecified atom stereocenters. The maximum absolute atomic E-state index is 13.1. The molecule has 5 rings (SSSR count). The zero-order valence-electron chi connectivity index (χ0n) is 14.6. The fourth-order valence-corrected chi connectivity index (χ4v) is 5.87. The smallest absolute Gasteiger partial charge is 0.254 e. The molecule has 0 aliphatic carbocycles. The molecule has 0 saturated carbocycles. The summed E-state index contributed by atoms with van der Waals surface area (Å²) in [6.07, 6.45) is 4.95. The van der Waals surface area contributed by atoms with Crippen LogP contribution in [0.5, 0.6) is 11.5 Å². The van der Waals surface area contributed by atoms with E-state index < -0.39 is 0 Å². The number of carbonyl (C=O) groups is 1. The van der Waals surface area contributed by atoms with Gasteiger partial charge >= 0.3 is 0 Å². The Hall–Kier alpha value is -2.38. The third-order valence-corrected chi connectivity index (χ3v) is 7.17. The van der Waals surface area contributed by atoms with Gasteiger partial charge in [-0.15, -0.1) is 11.3 Å². The van der Waals surface area contributed by atoms with E-state index in [0.29, 0.717) is 6.54 Å². The van der Waals surface area contributed by atoms with Crippen LogP contribution in [-0.4, -0.2) is 23.0 Å². The van der Waals surface area contributed by atoms with Crippen molar-refractivity contribution in [3.05, 3.63) is 64.3 Å². The fraction of sp³-hybridized carbons (Fsp3) is 0.250. The summed E-state index contributed by atoms with van der Waals surface area (Å²) < 4.78 is 12.8. The Kier molecular flexibility index (Phi) is 4.33. The Morgan fingerprint density at radius 1 is 1.19 bits per heavy atom. The Bertz CT molecular complexity index is 995. The SMILES string of the molecule is O=C(NCc1ccc2c(c1)OCO2)c1c(-n2cccc2)sc2c1CCSC2. The lowest BCUT2D eigenvalue weighted by Crippen LogP contribution is -2.25. The molecule has 7 heteroatoms. The molecule has 138 valence electrons. The second kappa shape index (κ2) is 6.98. The average Bonchev–Trinajstić information content (AvgIpc) is 3.44. The van der Waals surface area contributed by atoms with Crippen molar-refractivity contribution in [2.45, 2.75) is 18.7 Å². The van der Waals surface area contributed by atoms with Crippen LogP contribution in [0.2, 0.25) is 0 Å². The summed E-state index contributed by atoms with van der Waals surface area (Å²) in [4.78, 5) is 14.4. The van der Waals surface area contributed by atoms with Crippen LogP contribution in [0.1, 0.15) is 26.4 Å². The number of hydrogen-bond donors (Lipinski definition) is 1. The van der Waals surface area contributed by atoms with Gasteiger partial charge in [-0.2, -0.15) is 11.8 Å². The van der Waals surface area contributed by atoms with E-state index in [-0.39, 0.29) is 12.7 Å².